The molecule has 140 valence electrons. The molecule has 0 aliphatic heterocycles. The number of hydrogen-bond donors (Lipinski definition) is 1. The summed E-state index contributed by atoms with van der Waals surface area (Å²) in [5.41, 5.74) is 0.693. The van der Waals surface area contributed by atoms with Crippen LogP contribution in [-0.4, -0.2) is 24.6 Å². The molecule has 0 bridgehead atoms. The van der Waals surface area contributed by atoms with Crippen LogP contribution in [0.4, 0.5) is 0 Å². The summed E-state index contributed by atoms with van der Waals surface area (Å²) in [6, 6.07) is 18.7. The zero-order chi connectivity index (χ0) is 19.4. The molecule has 0 radical (unpaired) electrons. The summed E-state index contributed by atoms with van der Waals surface area (Å²) >= 11 is 1.12. The van der Waals surface area contributed by atoms with E-state index in [1.165, 1.54) is 0 Å². The van der Waals surface area contributed by atoms with Gasteiger partial charge in [0, 0.05) is 4.90 Å². The Hall–Kier alpha value is -1.40. The van der Waals surface area contributed by atoms with Crippen molar-refractivity contribution in [2.24, 2.45) is 0 Å². The predicted octanol–water partition coefficient (Wildman–Crippen LogP) is 5.43. The average Bonchev–Trinajstić information content (AvgIpc) is 2.59. The molecule has 0 spiro atoms. The summed E-state index contributed by atoms with van der Waals surface area (Å²) in [4.78, 5) is 13.9. The molecule has 0 saturated carbocycles. The van der Waals surface area contributed by atoms with E-state index in [9.17, 15) is 9.90 Å². The van der Waals surface area contributed by atoms with Crippen molar-refractivity contribution in [3.63, 3.8) is 0 Å². The molecule has 0 fully saturated rings. The third-order valence-corrected chi connectivity index (χ3v) is 10.2. The minimum Gasteiger partial charge on any atom is -0.403 e. The molecule has 2 atom stereocenters. The molecule has 0 saturated heterocycles. The lowest BCUT2D eigenvalue weighted by atomic mass is 10.1. The largest absolute Gasteiger partial charge is 0.403 e. The van der Waals surface area contributed by atoms with Gasteiger partial charge in [-0.15, -0.1) is 0 Å². The van der Waals surface area contributed by atoms with Crippen molar-refractivity contribution in [3.8, 4) is 0 Å². The Morgan fingerprint density at radius 2 is 1.50 bits per heavy atom. The van der Waals surface area contributed by atoms with Crippen molar-refractivity contribution in [1.29, 1.82) is 0 Å². The zero-order valence-electron chi connectivity index (χ0n) is 16.1. The molecule has 1 N–H and O–H groups in total. The van der Waals surface area contributed by atoms with Crippen molar-refractivity contribution >= 4 is 25.2 Å². The number of thioether (sulfide) groups is 1. The second kappa shape index (κ2) is 8.52. The van der Waals surface area contributed by atoms with E-state index < -0.39 is 20.5 Å². The Balaban J connectivity index is 2.30. The Morgan fingerprint density at radius 1 is 1.00 bits per heavy atom. The van der Waals surface area contributed by atoms with Crippen LogP contribution in [0.5, 0.6) is 0 Å². The Kier molecular flexibility index (Phi) is 6.85. The van der Waals surface area contributed by atoms with Crippen LogP contribution in [0.1, 0.15) is 32.4 Å². The van der Waals surface area contributed by atoms with E-state index in [4.69, 9.17) is 4.43 Å². The van der Waals surface area contributed by atoms with Gasteiger partial charge in [-0.3, -0.25) is 4.79 Å². The van der Waals surface area contributed by atoms with Crippen molar-refractivity contribution in [2.45, 2.75) is 56.0 Å². The molecule has 3 nitrogen and oxygen atoms in total. The first-order valence-electron chi connectivity index (χ1n) is 8.79. The highest BCUT2D eigenvalue weighted by atomic mass is 32.2. The van der Waals surface area contributed by atoms with Crippen molar-refractivity contribution in [3.05, 3.63) is 66.2 Å². The van der Waals surface area contributed by atoms with Gasteiger partial charge in [-0.25, -0.2) is 0 Å². The molecule has 0 unspecified atom stereocenters. The molecular formula is C21H28O3SSi. The summed E-state index contributed by atoms with van der Waals surface area (Å²) in [5, 5.41) is 10.7. The maximum absolute atomic E-state index is 13.0. The quantitative estimate of drug-likeness (QED) is 0.529. The maximum atomic E-state index is 13.0. The van der Waals surface area contributed by atoms with Gasteiger partial charge in [0.1, 0.15) is 12.2 Å². The van der Waals surface area contributed by atoms with E-state index in [1.54, 1.807) is 0 Å². The highest BCUT2D eigenvalue weighted by Crippen LogP contribution is 2.40. The van der Waals surface area contributed by atoms with Gasteiger partial charge in [-0.1, -0.05) is 69.3 Å². The first-order valence-corrected chi connectivity index (χ1v) is 12.5. The van der Waals surface area contributed by atoms with Gasteiger partial charge in [-0.2, -0.15) is 0 Å². The van der Waals surface area contributed by atoms with Crippen LogP contribution in [0.25, 0.3) is 0 Å². The average molecular weight is 389 g/mol. The van der Waals surface area contributed by atoms with Crippen LogP contribution >= 0.6 is 11.8 Å². The number of aliphatic hydroxyl groups is 1. The number of carbonyl (C=O) groups excluding carboxylic acids is 1. The minimum absolute atomic E-state index is 0.0562. The van der Waals surface area contributed by atoms with Gasteiger partial charge in [0.05, 0.1) is 0 Å². The Morgan fingerprint density at radius 3 is 2.00 bits per heavy atom. The fraction of sp³-hybridized carbons (Fsp3) is 0.381. The monoisotopic (exact) mass is 388 g/mol. The Labute approximate surface area is 161 Å². The molecule has 0 heterocycles. The van der Waals surface area contributed by atoms with Gasteiger partial charge >= 0.3 is 0 Å². The van der Waals surface area contributed by atoms with E-state index in [-0.39, 0.29) is 10.2 Å². The molecule has 2 aromatic rings. The molecule has 26 heavy (non-hydrogen) atoms. The topological polar surface area (TPSA) is 46.5 Å². The predicted molar refractivity (Wildman–Crippen MR) is 111 cm³/mol. The molecular weight excluding hydrogens is 360 g/mol. The van der Waals surface area contributed by atoms with Crippen LogP contribution < -0.4 is 0 Å². The maximum Gasteiger partial charge on any atom is 0.224 e. The van der Waals surface area contributed by atoms with Crippen LogP contribution in [0.15, 0.2) is 65.6 Å². The third kappa shape index (κ3) is 5.30. The summed E-state index contributed by atoms with van der Waals surface area (Å²) in [6.45, 7) is 10.6. The highest BCUT2D eigenvalue weighted by Gasteiger charge is 2.43. The van der Waals surface area contributed by atoms with E-state index >= 15 is 0 Å². The SMILES string of the molecule is CC(C)(C)[Si](C)(C)O[C@H](C(=O)Sc1ccccc1)[C@@H](O)c1ccccc1. The van der Waals surface area contributed by atoms with Gasteiger partial charge in [0.2, 0.25) is 5.12 Å². The fourth-order valence-electron chi connectivity index (χ4n) is 2.22. The summed E-state index contributed by atoms with van der Waals surface area (Å²) in [6.07, 6.45) is -1.89. The molecule has 2 rings (SSSR count). The summed E-state index contributed by atoms with van der Waals surface area (Å²) < 4.78 is 6.37. The van der Waals surface area contributed by atoms with Crippen LogP contribution in [-0.2, 0) is 9.22 Å². The van der Waals surface area contributed by atoms with Gasteiger partial charge < -0.3 is 9.53 Å². The lowest BCUT2D eigenvalue weighted by molar-refractivity contribution is -0.122. The number of rotatable bonds is 6. The normalized spacial score (nSPS) is 14.7. The molecule has 0 aliphatic carbocycles. The minimum atomic E-state index is -2.24. The standard InChI is InChI=1S/C21H28O3SSi/c1-21(2,3)26(4,5)24-19(18(22)16-12-8-6-9-13-16)20(23)25-17-14-10-7-11-15-17/h6-15,18-19,22H,1-5H3/t18-,19-/m0/s1. The second-order valence-corrected chi connectivity index (χ2v) is 13.7. The van der Waals surface area contributed by atoms with E-state index in [2.05, 4.69) is 33.9 Å². The molecule has 5 heteroatoms. The summed E-state index contributed by atoms with van der Waals surface area (Å²) in [7, 11) is -2.24. The lowest BCUT2D eigenvalue weighted by Crippen LogP contribution is -2.47. The first-order chi connectivity index (χ1) is 12.1. The molecule has 0 amide bonds. The molecule has 2 aromatic carbocycles. The smallest absolute Gasteiger partial charge is 0.224 e. The van der Waals surface area contributed by atoms with Crippen molar-refractivity contribution < 1.29 is 14.3 Å². The third-order valence-electron chi connectivity index (χ3n) is 4.85. The van der Waals surface area contributed by atoms with Crippen LogP contribution in [0, 0.1) is 0 Å². The van der Waals surface area contributed by atoms with Crippen molar-refractivity contribution in [2.75, 3.05) is 0 Å². The van der Waals surface area contributed by atoms with Crippen LogP contribution in [0.2, 0.25) is 18.1 Å². The lowest BCUT2D eigenvalue weighted by Gasteiger charge is -2.39. The van der Waals surface area contributed by atoms with E-state index in [0.29, 0.717) is 5.56 Å². The van der Waals surface area contributed by atoms with Gasteiger partial charge in [0.15, 0.2) is 8.32 Å². The number of carbonyl (C=O) groups is 1. The second-order valence-electron chi connectivity index (χ2n) is 7.89. The summed E-state index contributed by atoms with van der Waals surface area (Å²) in [5.74, 6) is 0. The number of hydrogen-bond acceptors (Lipinski definition) is 4. The van der Waals surface area contributed by atoms with E-state index in [0.717, 1.165) is 16.7 Å². The van der Waals surface area contributed by atoms with Gasteiger partial charge in [-0.05, 0) is 47.6 Å². The van der Waals surface area contributed by atoms with Crippen molar-refractivity contribution in [1.82, 2.24) is 0 Å². The van der Waals surface area contributed by atoms with Gasteiger partial charge in [0.25, 0.3) is 0 Å². The van der Waals surface area contributed by atoms with E-state index in [1.807, 2.05) is 60.7 Å². The molecule has 0 aromatic heterocycles. The number of benzene rings is 2. The first kappa shape index (κ1) is 20.9. The Bertz CT molecular complexity index is 711. The molecule has 0 aliphatic rings. The fourth-order valence-corrected chi connectivity index (χ4v) is 4.35. The zero-order valence-corrected chi connectivity index (χ0v) is 17.9. The van der Waals surface area contributed by atoms with Crippen LogP contribution in [0.3, 0.4) is 0 Å². The number of aliphatic hydroxyl groups excluding tert-OH is 1. The highest BCUT2D eigenvalue weighted by molar-refractivity contribution is 8.13.